The highest BCUT2D eigenvalue weighted by atomic mass is 16.4. The van der Waals surface area contributed by atoms with E-state index in [1.54, 1.807) is 0 Å². The Labute approximate surface area is 152 Å². The van der Waals surface area contributed by atoms with Crippen LogP contribution in [0.4, 0.5) is 0 Å². The highest BCUT2D eigenvalue weighted by Crippen LogP contribution is 2.16. The second-order valence-corrected chi connectivity index (χ2v) is 5.83. The lowest BCUT2D eigenvalue weighted by Gasteiger charge is -2.10. The number of aromatic amines is 1. The zero-order valence-corrected chi connectivity index (χ0v) is 15.2. The fraction of sp³-hybridized carbons (Fsp3) is 0.333. The van der Waals surface area contributed by atoms with Crippen LogP contribution in [0.3, 0.4) is 0 Å². The zero-order chi connectivity index (χ0) is 18.4. The summed E-state index contributed by atoms with van der Waals surface area (Å²) in [5.74, 6) is 2.95. The van der Waals surface area contributed by atoms with Crippen LogP contribution in [0.2, 0.25) is 0 Å². The Morgan fingerprint density at radius 3 is 2.85 bits per heavy atom. The third-order valence-corrected chi connectivity index (χ3v) is 3.86. The molecule has 0 atom stereocenters. The average Bonchev–Trinajstić information content (AvgIpc) is 3.28. The van der Waals surface area contributed by atoms with Crippen molar-refractivity contribution < 1.29 is 4.42 Å². The van der Waals surface area contributed by atoms with Crippen LogP contribution in [0.1, 0.15) is 29.8 Å². The minimum absolute atomic E-state index is 0.485. The average molecular weight is 353 g/mol. The molecule has 0 fully saturated rings. The van der Waals surface area contributed by atoms with Gasteiger partial charge in [-0.05, 0) is 32.4 Å². The largest absolute Gasteiger partial charge is 0.444 e. The van der Waals surface area contributed by atoms with Gasteiger partial charge in [0.1, 0.15) is 12.1 Å². The van der Waals surface area contributed by atoms with Gasteiger partial charge in [0.25, 0.3) is 0 Å². The van der Waals surface area contributed by atoms with Gasteiger partial charge < -0.3 is 15.1 Å². The van der Waals surface area contributed by atoms with Gasteiger partial charge in [-0.3, -0.25) is 5.10 Å². The van der Waals surface area contributed by atoms with Crippen LogP contribution in [0, 0.1) is 13.8 Å². The van der Waals surface area contributed by atoms with Crippen LogP contribution in [-0.2, 0) is 13.1 Å². The summed E-state index contributed by atoms with van der Waals surface area (Å²) >= 11 is 0. The normalized spacial score (nSPS) is 11.6. The molecule has 0 bridgehead atoms. The van der Waals surface area contributed by atoms with E-state index in [1.807, 2.05) is 45.0 Å². The molecule has 0 aliphatic heterocycles. The van der Waals surface area contributed by atoms with E-state index in [-0.39, 0.29) is 0 Å². The van der Waals surface area contributed by atoms with Gasteiger partial charge in [0.15, 0.2) is 11.8 Å². The number of H-pyrrole nitrogens is 1. The van der Waals surface area contributed by atoms with E-state index in [1.165, 1.54) is 6.33 Å². The van der Waals surface area contributed by atoms with Gasteiger partial charge in [-0.15, -0.1) is 0 Å². The van der Waals surface area contributed by atoms with Crippen molar-refractivity contribution >= 4 is 5.96 Å². The van der Waals surface area contributed by atoms with Crippen molar-refractivity contribution in [3.05, 3.63) is 53.5 Å². The first-order valence-electron chi connectivity index (χ1n) is 8.55. The maximum atomic E-state index is 5.59. The van der Waals surface area contributed by atoms with E-state index in [4.69, 9.17) is 4.42 Å². The monoisotopic (exact) mass is 353 g/mol. The lowest BCUT2D eigenvalue weighted by Crippen LogP contribution is -2.36. The first-order valence-corrected chi connectivity index (χ1v) is 8.55. The first kappa shape index (κ1) is 17.7. The topological polar surface area (TPSA) is 104 Å². The second kappa shape index (κ2) is 8.28. The van der Waals surface area contributed by atoms with E-state index < -0.39 is 0 Å². The van der Waals surface area contributed by atoms with Crippen LogP contribution < -0.4 is 10.6 Å². The maximum absolute atomic E-state index is 5.59. The molecule has 3 N–H and O–H groups in total. The van der Waals surface area contributed by atoms with Crippen molar-refractivity contribution in [3.63, 3.8) is 0 Å². The second-order valence-electron chi connectivity index (χ2n) is 5.83. The summed E-state index contributed by atoms with van der Waals surface area (Å²) in [5, 5.41) is 13.2. The summed E-state index contributed by atoms with van der Waals surface area (Å²) in [4.78, 5) is 13.2. The van der Waals surface area contributed by atoms with Crippen LogP contribution >= 0.6 is 0 Å². The van der Waals surface area contributed by atoms with E-state index in [0.717, 1.165) is 35.0 Å². The van der Waals surface area contributed by atoms with Gasteiger partial charge in [0, 0.05) is 12.1 Å². The molecule has 0 amide bonds. The van der Waals surface area contributed by atoms with Gasteiger partial charge in [0.05, 0.1) is 18.8 Å². The summed E-state index contributed by atoms with van der Waals surface area (Å²) in [7, 11) is 0. The molecule has 3 aromatic rings. The summed E-state index contributed by atoms with van der Waals surface area (Å²) in [6.45, 7) is 7.67. The third-order valence-electron chi connectivity index (χ3n) is 3.86. The minimum Gasteiger partial charge on any atom is -0.444 e. The summed E-state index contributed by atoms with van der Waals surface area (Å²) < 4.78 is 5.59. The predicted molar refractivity (Wildman–Crippen MR) is 99.5 cm³/mol. The summed E-state index contributed by atoms with van der Waals surface area (Å²) in [5.41, 5.74) is 2.98. The van der Waals surface area contributed by atoms with Crippen molar-refractivity contribution in [1.29, 1.82) is 0 Å². The molecule has 26 heavy (non-hydrogen) atoms. The number of aliphatic imine (C=N–C) groups is 1. The molecule has 0 spiro atoms. The number of aryl methyl sites for hydroxylation is 2. The number of oxazole rings is 1. The lowest BCUT2D eigenvalue weighted by atomic mass is 10.1. The minimum atomic E-state index is 0.485. The van der Waals surface area contributed by atoms with E-state index in [9.17, 15) is 0 Å². The van der Waals surface area contributed by atoms with Gasteiger partial charge in [0.2, 0.25) is 5.89 Å². The Morgan fingerprint density at radius 2 is 2.15 bits per heavy atom. The quantitative estimate of drug-likeness (QED) is 0.464. The number of nitrogens with one attached hydrogen (secondary N) is 3. The number of benzene rings is 1. The molecule has 136 valence electrons. The number of hydrogen-bond donors (Lipinski definition) is 3. The molecule has 0 saturated carbocycles. The van der Waals surface area contributed by atoms with Crippen molar-refractivity contribution in [3.8, 4) is 11.4 Å². The van der Waals surface area contributed by atoms with Gasteiger partial charge >= 0.3 is 0 Å². The number of nitrogens with zero attached hydrogens (tertiary/aromatic N) is 4. The molecule has 2 aromatic heterocycles. The Kier molecular flexibility index (Phi) is 5.62. The smallest absolute Gasteiger partial charge is 0.214 e. The molecule has 1 aromatic carbocycles. The molecule has 0 aliphatic rings. The van der Waals surface area contributed by atoms with Crippen molar-refractivity contribution in [2.24, 2.45) is 4.99 Å². The van der Waals surface area contributed by atoms with E-state index in [2.05, 4.69) is 35.8 Å². The van der Waals surface area contributed by atoms with E-state index >= 15 is 0 Å². The van der Waals surface area contributed by atoms with Crippen LogP contribution in [0.5, 0.6) is 0 Å². The van der Waals surface area contributed by atoms with Crippen molar-refractivity contribution in [2.45, 2.75) is 33.9 Å². The SMILES string of the molecule is CCNC(=NCc1cccc(-c2ncn[nH]2)c1)NCc1nc(C)c(C)o1. The lowest BCUT2D eigenvalue weighted by molar-refractivity contribution is 0.463. The van der Waals surface area contributed by atoms with Crippen molar-refractivity contribution in [2.75, 3.05) is 6.54 Å². The maximum Gasteiger partial charge on any atom is 0.214 e. The molecule has 0 unspecified atom stereocenters. The molecule has 8 nitrogen and oxygen atoms in total. The number of hydrogen-bond acceptors (Lipinski definition) is 5. The van der Waals surface area contributed by atoms with Gasteiger partial charge in [-0.25, -0.2) is 15.0 Å². The highest BCUT2D eigenvalue weighted by Gasteiger charge is 2.07. The number of guanidine groups is 1. The molecular weight excluding hydrogens is 330 g/mol. The highest BCUT2D eigenvalue weighted by molar-refractivity contribution is 5.79. The fourth-order valence-corrected chi connectivity index (χ4v) is 2.45. The number of aromatic nitrogens is 4. The van der Waals surface area contributed by atoms with Crippen LogP contribution in [-0.4, -0.2) is 32.7 Å². The summed E-state index contributed by atoms with van der Waals surface area (Å²) in [6.07, 6.45) is 1.50. The zero-order valence-electron chi connectivity index (χ0n) is 15.2. The van der Waals surface area contributed by atoms with E-state index in [0.29, 0.717) is 24.9 Å². The van der Waals surface area contributed by atoms with Crippen LogP contribution in [0.25, 0.3) is 11.4 Å². The number of rotatable bonds is 6. The summed E-state index contributed by atoms with van der Waals surface area (Å²) in [6, 6.07) is 8.06. The molecule has 3 rings (SSSR count). The van der Waals surface area contributed by atoms with Gasteiger partial charge in [-0.1, -0.05) is 18.2 Å². The molecule has 8 heteroatoms. The first-order chi connectivity index (χ1) is 12.7. The molecule has 0 saturated heterocycles. The molecular formula is C18H23N7O. The van der Waals surface area contributed by atoms with Gasteiger partial charge in [-0.2, -0.15) is 5.10 Å². The van der Waals surface area contributed by atoms with Crippen molar-refractivity contribution in [1.82, 2.24) is 30.8 Å². The molecule has 0 aliphatic carbocycles. The Bertz CT molecular complexity index is 848. The third kappa shape index (κ3) is 4.47. The Morgan fingerprint density at radius 1 is 1.27 bits per heavy atom. The fourth-order valence-electron chi connectivity index (χ4n) is 2.45. The Hall–Kier alpha value is -3.16. The predicted octanol–water partition coefficient (Wildman–Crippen LogP) is 2.33. The Balaban J connectivity index is 1.66. The van der Waals surface area contributed by atoms with Crippen LogP contribution in [0.15, 0.2) is 40.0 Å². The molecule has 2 heterocycles. The molecule has 0 radical (unpaired) electrons. The standard InChI is InChI=1S/C18H23N7O/c1-4-19-18(21-10-16-24-12(2)13(3)26-16)20-9-14-6-5-7-15(8-14)17-22-11-23-25-17/h5-8,11H,4,9-10H2,1-3H3,(H2,19,20,21)(H,22,23,25).